The van der Waals surface area contributed by atoms with Crippen molar-refractivity contribution in [1.82, 2.24) is 0 Å². The smallest absolute Gasteiger partial charge is 0.123 e. The maximum atomic E-state index is 5.73. The highest BCUT2D eigenvalue weighted by Crippen LogP contribution is 2.24. The minimum absolute atomic E-state index is 0.377. The molecule has 0 amide bonds. The molecule has 1 unspecified atom stereocenters. The summed E-state index contributed by atoms with van der Waals surface area (Å²) >= 11 is 3.55. The average Bonchev–Trinajstić information content (AvgIpc) is 2.32. The van der Waals surface area contributed by atoms with E-state index < -0.39 is 0 Å². The lowest BCUT2D eigenvalue weighted by Gasteiger charge is -2.20. The lowest BCUT2D eigenvalue weighted by atomic mass is 9.90. The fourth-order valence-electron chi connectivity index (χ4n) is 1.97. The minimum atomic E-state index is 0.377. The molecule has 4 heteroatoms. The first-order chi connectivity index (χ1) is 8.11. The topological polar surface area (TPSA) is 50.7 Å². The van der Waals surface area contributed by atoms with Crippen LogP contribution in [0.15, 0.2) is 32.9 Å². The number of hydrogen-bond donors (Lipinski definition) is 1. The number of aryl methyl sites for hydroxylation is 1. The molecular formula is C13H16BrN3. The van der Waals surface area contributed by atoms with Crippen LogP contribution in [0.5, 0.6) is 0 Å². The van der Waals surface area contributed by atoms with Gasteiger partial charge >= 0.3 is 0 Å². The van der Waals surface area contributed by atoms with Crippen LogP contribution in [-0.4, -0.2) is 11.5 Å². The molecule has 3 nitrogen and oxygen atoms in total. The van der Waals surface area contributed by atoms with Crippen LogP contribution in [0, 0.1) is 12.8 Å². The zero-order valence-electron chi connectivity index (χ0n) is 10.1. The van der Waals surface area contributed by atoms with E-state index in [-0.39, 0.29) is 0 Å². The van der Waals surface area contributed by atoms with Gasteiger partial charge in [0.2, 0.25) is 0 Å². The summed E-state index contributed by atoms with van der Waals surface area (Å²) in [5, 5.41) is 8.27. The Morgan fingerprint density at radius 2 is 2.18 bits per heavy atom. The molecule has 1 heterocycles. The number of rotatable bonds is 2. The molecular weight excluding hydrogens is 278 g/mol. The third-order valence-electron chi connectivity index (χ3n) is 3.09. The van der Waals surface area contributed by atoms with E-state index in [2.05, 4.69) is 58.2 Å². The van der Waals surface area contributed by atoms with Gasteiger partial charge in [-0.3, -0.25) is 0 Å². The largest absolute Gasteiger partial charge is 0.386 e. The van der Waals surface area contributed by atoms with Gasteiger partial charge in [-0.2, -0.15) is 5.10 Å². The molecule has 0 radical (unpaired) electrons. The molecule has 0 aliphatic carbocycles. The molecule has 0 bridgehead atoms. The van der Waals surface area contributed by atoms with Gasteiger partial charge in [0.15, 0.2) is 0 Å². The van der Waals surface area contributed by atoms with Gasteiger partial charge in [-0.25, -0.2) is 0 Å². The number of benzene rings is 1. The number of hydrogen-bond acceptors (Lipinski definition) is 3. The molecule has 1 aromatic carbocycles. The Balaban J connectivity index is 2.40. The highest BCUT2D eigenvalue weighted by Gasteiger charge is 2.21. The molecule has 1 aliphatic heterocycles. The summed E-state index contributed by atoms with van der Waals surface area (Å²) < 4.78 is 1.11. The van der Waals surface area contributed by atoms with Crippen LogP contribution in [0.2, 0.25) is 0 Å². The Bertz CT molecular complexity index is 491. The normalized spacial score (nSPS) is 19.8. The molecule has 1 aromatic rings. The van der Waals surface area contributed by atoms with Gasteiger partial charge in [-0.05, 0) is 30.5 Å². The number of nitrogens with two attached hydrogens (primary N) is 1. The van der Waals surface area contributed by atoms with Gasteiger partial charge < -0.3 is 5.73 Å². The lowest BCUT2D eigenvalue weighted by Crippen LogP contribution is -2.26. The Morgan fingerprint density at radius 1 is 1.41 bits per heavy atom. The maximum Gasteiger partial charge on any atom is 0.123 e. The maximum absolute atomic E-state index is 5.73. The van der Waals surface area contributed by atoms with Gasteiger partial charge in [0, 0.05) is 16.8 Å². The Morgan fingerprint density at radius 3 is 2.82 bits per heavy atom. The first-order valence-corrected chi connectivity index (χ1v) is 6.57. The molecule has 90 valence electrons. The van der Waals surface area contributed by atoms with Crippen LogP contribution in [0.1, 0.15) is 30.9 Å². The standard InChI is InChI=1S/C13H16BrN3/c1-3-9-7-12(15)16-17-13(9)10-5-4-8(2)11(14)6-10/h4-6,9H,3,7H2,1-2H3,(H2,15,16). The SMILES string of the molecule is CCC1CC(N)=NN=C1c1ccc(C)c(Br)c1. The molecule has 0 spiro atoms. The van der Waals surface area contributed by atoms with E-state index >= 15 is 0 Å². The van der Waals surface area contributed by atoms with E-state index in [4.69, 9.17) is 5.73 Å². The van der Waals surface area contributed by atoms with Crippen molar-refractivity contribution >= 4 is 27.5 Å². The van der Waals surface area contributed by atoms with Crippen molar-refractivity contribution in [3.8, 4) is 0 Å². The van der Waals surface area contributed by atoms with Crippen LogP contribution >= 0.6 is 15.9 Å². The number of nitrogens with zero attached hydrogens (tertiary/aromatic N) is 2. The Hall–Kier alpha value is -1.16. The first kappa shape index (κ1) is 12.3. The molecule has 0 saturated carbocycles. The molecule has 2 rings (SSSR count). The van der Waals surface area contributed by atoms with Crippen molar-refractivity contribution < 1.29 is 0 Å². The monoisotopic (exact) mass is 293 g/mol. The van der Waals surface area contributed by atoms with Crippen LogP contribution in [0.4, 0.5) is 0 Å². The van der Waals surface area contributed by atoms with E-state index in [0.717, 1.165) is 28.6 Å². The predicted octanol–water partition coefficient (Wildman–Crippen LogP) is 3.25. The molecule has 0 saturated heterocycles. The third-order valence-corrected chi connectivity index (χ3v) is 3.94. The number of halogens is 1. The second-order valence-corrected chi connectivity index (χ2v) is 5.20. The summed E-state index contributed by atoms with van der Waals surface area (Å²) in [4.78, 5) is 0. The molecule has 17 heavy (non-hydrogen) atoms. The van der Waals surface area contributed by atoms with Gasteiger partial charge in [0.1, 0.15) is 5.84 Å². The summed E-state index contributed by atoms with van der Waals surface area (Å²) in [6, 6.07) is 6.29. The van der Waals surface area contributed by atoms with Crippen LogP contribution < -0.4 is 5.73 Å². The van der Waals surface area contributed by atoms with Crippen LogP contribution in [0.25, 0.3) is 0 Å². The van der Waals surface area contributed by atoms with Gasteiger partial charge in [-0.15, -0.1) is 5.10 Å². The zero-order valence-corrected chi connectivity index (χ0v) is 11.7. The molecule has 2 N–H and O–H groups in total. The highest BCUT2D eigenvalue weighted by atomic mass is 79.9. The summed E-state index contributed by atoms with van der Waals surface area (Å²) in [5.74, 6) is 1.01. The number of amidine groups is 1. The summed E-state index contributed by atoms with van der Waals surface area (Å²) in [6.45, 7) is 4.23. The minimum Gasteiger partial charge on any atom is -0.386 e. The van der Waals surface area contributed by atoms with Crippen LogP contribution in [-0.2, 0) is 0 Å². The highest BCUT2D eigenvalue weighted by molar-refractivity contribution is 9.10. The molecule has 0 aromatic heterocycles. The van der Waals surface area contributed by atoms with E-state index in [1.54, 1.807) is 0 Å². The summed E-state index contributed by atoms with van der Waals surface area (Å²) in [7, 11) is 0. The lowest BCUT2D eigenvalue weighted by molar-refractivity contribution is 0.677. The predicted molar refractivity (Wildman–Crippen MR) is 75.4 cm³/mol. The van der Waals surface area contributed by atoms with Gasteiger partial charge in [0.25, 0.3) is 0 Å². The van der Waals surface area contributed by atoms with E-state index in [0.29, 0.717) is 11.8 Å². The average molecular weight is 294 g/mol. The summed E-state index contributed by atoms with van der Waals surface area (Å²) in [5.41, 5.74) is 9.13. The van der Waals surface area contributed by atoms with Crippen molar-refractivity contribution in [1.29, 1.82) is 0 Å². The van der Waals surface area contributed by atoms with E-state index in [1.807, 2.05) is 0 Å². The van der Waals surface area contributed by atoms with Crippen LogP contribution in [0.3, 0.4) is 0 Å². The van der Waals surface area contributed by atoms with E-state index in [9.17, 15) is 0 Å². The molecule has 1 atom stereocenters. The summed E-state index contributed by atoms with van der Waals surface area (Å²) in [6.07, 6.45) is 1.83. The van der Waals surface area contributed by atoms with Gasteiger partial charge in [-0.1, -0.05) is 35.0 Å². The second-order valence-electron chi connectivity index (χ2n) is 4.35. The van der Waals surface area contributed by atoms with E-state index in [1.165, 1.54) is 5.56 Å². The fourth-order valence-corrected chi connectivity index (χ4v) is 2.35. The Kier molecular flexibility index (Phi) is 3.62. The van der Waals surface area contributed by atoms with Crippen molar-refractivity contribution in [3.05, 3.63) is 33.8 Å². The first-order valence-electron chi connectivity index (χ1n) is 5.78. The third kappa shape index (κ3) is 2.57. The Labute approximate surface area is 110 Å². The van der Waals surface area contributed by atoms with Crippen molar-refractivity contribution in [2.24, 2.45) is 21.9 Å². The molecule has 0 fully saturated rings. The quantitative estimate of drug-likeness (QED) is 0.894. The van der Waals surface area contributed by atoms with Crippen molar-refractivity contribution in [3.63, 3.8) is 0 Å². The zero-order chi connectivity index (χ0) is 12.4. The molecule has 1 aliphatic rings. The second kappa shape index (κ2) is 5.00. The van der Waals surface area contributed by atoms with Crippen molar-refractivity contribution in [2.75, 3.05) is 0 Å². The van der Waals surface area contributed by atoms with Crippen molar-refractivity contribution in [2.45, 2.75) is 26.7 Å². The van der Waals surface area contributed by atoms with Gasteiger partial charge in [0.05, 0.1) is 5.71 Å². The fraction of sp³-hybridized carbons (Fsp3) is 0.385.